The first-order valence-electron chi connectivity index (χ1n) is 12.0. The van der Waals surface area contributed by atoms with Gasteiger partial charge in [0.2, 0.25) is 5.91 Å². The number of unbranched alkanes of at least 4 members (excludes halogenated alkanes) is 2. The highest BCUT2D eigenvalue weighted by Gasteiger charge is 2.29. The second-order valence-electron chi connectivity index (χ2n) is 8.27. The number of benzene rings is 2. The number of hydrogen-bond donors (Lipinski definition) is 0. The van der Waals surface area contributed by atoms with Crippen molar-refractivity contribution in [3.05, 3.63) is 64.7 Å². The van der Waals surface area contributed by atoms with Crippen molar-refractivity contribution in [3.8, 4) is 11.4 Å². The zero-order valence-electron chi connectivity index (χ0n) is 20.2. The smallest absolute Gasteiger partial charge is 0.266 e. The first-order valence-corrected chi connectivity index (χ1v) is 12.0. The molecule has 33 heavy (non-hydrogen) atoms. The molecule has 3 aromatic rings. The summed E-state index contributed by atoms with van der Waals surface area (Å²) >= 11 is 0. The van der Waals surface area contributed by atoms with Gasteiger partial charge in [-0.05, 0) is 43.5 Å². The molecule has 0 saturated carbocycles. The SMILES string of the molecule is CCCCCC(=O)N(CCC)C(CC)c1nc2ccccc2c(=O)n1-c1ccccc1OC. The third kappa shape index (κ3) is 5.27. The van der Waals surface area contributed by atoms with E-state index in [0.717, 1.165) is 25.7 Å². The lowest BCUT2D eigenvalue weighted by Crippen LogP contribution is -2.39. The van der Waals surface area contributed by atoms with E-state index in [4.69, 9.17) is 9.72 Å². The lowest BCUT2D eigenvalue weighted by atomic mass is 10.1. The van der Waals surface area contributed by atoms with Crippen LogP contribution in [-0.2, 0) is 4.79 Å². The number of nitrogens with zero attached hydrogens (tertiary/aromatic N) is 3. The topological polar surface area (TPSA) is 64.4 Å². The second kappa shape index (κ2) is 11.6. The summed E-state index contributed by atoms with van der Waals surface area (Å²) in [6, 6.07) is 14.5. The number of carbonyl (C=O) groups excluding carboxylic acids is 1. The molecule has 1 atom stereocenters. The predicted molar refractivity (Wildman–Crippen MR) is 133 cm³/mol. The minimum Gasteiger partial charge on any atom is -0.495 e. The van der Waals surface area contributed by atoms with Gasteiger partial charge < -0.3 is 9.64 Å². The third-order valence-electron chi connectivity index (χ3n) is 5.97. The summed E-state index contributed by atoms with van der Waals surface area (Å²) in [7, 11) is 1.59. The fourth-order valence-electron chi connectivity index (χ4n) is 4.33. The fourth-order valence-corrected chi connectivity index (χ4v) is 4.33. The van der Waals surface area contributed by atoms with E-state index < -0.39 is 0 Å². The maximum atomic E-state index is 13.8. The van der Waals surface area contributed by atoms with Crippen molar-refractivity contribution in [3.63, 3.8) is 0 Å². The molecule has 1 unspecified atom stereocenters. The lowest BCUT2D eigenvalue weighted by molar-refractivity contribution is -0.134. The van der Waals surface area contributed by atoms with E-state index in [2.05, 4.69) is 13.8 Å². The molecule has 6 heteroatoms. The van der Waals surface area contributed by atoms with E-state index in [1.54, 1.807) is 17.7 Å². The van der Waals surface area contributed by atoms with Crippen molar-refractivity contribution >= 4 is 16.8 Å². The Morgan fingerprint density at radius 3 is 2.45 bits per heavy atom. The number of methoxy groups -OCH3 is 1. The molecule has 0 aliphatic rings. The standard InChI is InChI=1S/C27H35N3O3/c1-5-8-9-18-25(31)29(19-6-2)22(7-3)26-28-21-15-11-10-14-20(21)27(32)30(26)23-16-12-13-17-24(23)33-4/h10-17,22H,5-9,18-19H2,1-4H3. The maximum Gasteiger partial charge on any atom is 0.266 e. The molecule has 0 radical (unpaired) electrons. The summed E-state index contributed by atoms with van der Waals surface area (Å²) in [5.41, 5.74) is 1.11. The van der Waals surface area contributed by atoms with Gasteiger partial charge in [0.1, 0.15) is 11.6 Å². The van der Waals surface area contributed by atoms with Gasteiger partial charge in [-0.25, -0.2) is 4.98 Å². The van der Waals surface area contributed by atoms with Crippen LogP contribution < -0.4 is 10.3 Å². The van der Waals surface area contributed by atoms with Crippen LogP contribution in [0.2, 0.25) is 0 Å². The Bertz CT molecular complexity index is 1140. The Morgan fingerprint density at radius 2 is 1.76 bits per heavy atom. The second-order valence-corrected chi connectivity index (χ2v) is 8.27. The van der Waals surface area contributed by atoms with Crippen LogP contribution in [0.15, 0.2) is 53.3 Å². The summed E-state index contributed by atoms with van der Waals surface area (Å²) in [6.45, 7) is 6.87. The number of para-hydroxylation sites is 3. The van der Waals surface area contributed by atoms with Crippen LogP contribution in [0.25, 0.3) is 16.6 Å². The molecule has 1 amide bonds. The minimum absolute atomic E-state index is 0.117. The van der Waals surface area contributed by atoms with Gasteiger partial charge in [0.25, 0.3) is 5.56 Å². The van der Waals surface area contributed by atoms with Gasteiger partial charge in [0.15, 0.2) is 0 Å². The molecule has 3 rings (SSSR count). The Balaban J connectivity index is 2.24. The van der Waals surface area contributed by atoms with Crippen molar-refractivity contribution in [2.45, 2.75) is 65.3 Å². The number of carbonyl (C=O) groups is 1. The van der Waals surface area contributed by atoms with Crippen LogP contribution in [-0.4, -0.2) is 34.0 Å². The molecule has 0 fully saturated rings. The van der Waals surface area contributed by atoms with Gasteiger partial charge in [-0.15, -0.1) is 0 Å². The van der Waals surface area contributed by atoms with E-state index in [9.17, 15) is 9.59 Å². The van der Waals surface area contributed by atoms with Gasteiger partial charge >= 0.3 is 0 Å². The highest BCUT2D eigenvalue weighted by molar-refractivity contribution is 5.79. The number of aromatic nitrogens is 2. The van der Waals surface area contributed by atoms with Crippen molar-refractivity contribution < 1.29 is 9.53 Å². The van der Waals surface area contributed by atoms with Gasteiger partial charge in [-0.1, -0.05) is 57.9 Å². The zero-order valence-corrected chi connectivity index (χ0v) is 20.2. The Hall–Kier alpha value is -3.15. The molecule has 0 saturated heterocycles. The number of fused-ring (bicyclic) bond motifs is 1. The summed E-state index contributed by atoms with van der Waals surface area (Å²) in [4.78, 5) is 33.9. The molecule has 0 aliphatic heterocycles. The normalized spacial score (nSPS) is 12.0. The summed E-state index contributed by atoms with van der Waals surface area (Å²) in [5.74, 6) is 1.28. The zero-order chi connectivity index (χ0) is 23.8. The highest BCUT2D eigenvalue weighted by Crippen LogP contribution is 2.30. The first kappa shape index (κ1) is 24.5. The monoisotopic (exact) mass is 449 g/mol. The molecule has 2 aromatic carbocycles. The number of hydrogen-bond acceptors (Lipinski definition) is 4. The molecule has 0 bridgehead atoms. The van der Waals surface area contributed by atoms with E-state index in [1.807, 2.05) is 54.3 Å². The average Bonchev–Trinajstić information content (AvgIpc) is 2.84. The lowest BCUT2D eigenvalue weighted by Gasteiger charge is -2.32. The quantitative estimate of drug-likeness (QED) is 0.354. The average molecular weight is 450 g/mol. The predicted octanol–water partition coefficient (Wildman–Crippen LogP) is 5.66. The van der Waals surface area contributed by atoms with Crippen LogP contribution in [0.4, 0.5) is 0 Å². The van der Waals surface area contributed by atoms with Gasteiger partial charge in [-0.3, -0.25) is 14.2 Å². The van der Waals surface area contributed by atoms with Crippen LogP contribution in [0.5, 0.6) is 5.75 Å². The van der Waals surface area contributed by atoms with Gasteiger partial charge in [-0.2, -0.15) is 0 Å². The Morgan fingerprint density at radius 1 is 1.03 bits per heavy atom. The van der Waals surface area contributed by atoms with Crippen molar-refractivity contribution in [2.75, 3.05) is 13.7 Å². The molecule has 6 nitrogen and oxygen atoms in total. The molecule has 0 spiro atoms. The van der Waals surface area contributed by atoms with Gasteiger partial charge in [0.05, 0.1) is 29.7 Å². The minimum atomic E-state index is -0.318. The molecule has 1 heterocycles. The third-order valence-corrected chi connectivity index (χ3v) is 5.97. The van der Waals surface area contributed by atoms with Crippen LogP contribution in [0, 0.1) is 0 Å². The largest absolute Gasteiger partial charge is 0.495 e. The maximum absolute atomic E-state index is 13.8. The van der Waals surface area contributed by atoms with Crippen molar-refractivity contribution in [1.82, 2.24) is 14.5 Å². The van der Waals surface area contributed by atoms with E-state index >= 15 is 0 Å². The molecular weight excluding hydrogens is 414 g/mol. The van der Waals surface area contributed by atoms with Crippen LogP contribution in [0.3, 0.4) is 0 Å². The number of amides is 1. The highest BCUT2D eigenvalue weighted by atomic mass is 16.5. The number of ether oxygens (including phenoxy) is 1. The van der Waals surface area contributed by atoms with E-state index in [1.165, 1.54) is 0 Å². The molecule has 176 valence electrons. The van der Waals surface area contributed by atoms with Crippen molar-refractivity contribution in [1.29, 1.82) is 0 Å². The van der Waals surface area contributed by atoms with E-state index in [0.29, 0.717) is 47.6 Å². The molecule has 1 aromatic heterocycles. The first-order chi connectivity index (χ1) is 16.1. The summed E-state index contributed by atoms with van der Waals surface area (Å²) in [6.07, 6.45) is 4.97. The molecular formula is C27H35N3O3. The van der Waals surface area contributed by atoms with Crippen LogP contribution in [0.1, 0.15) is 71.2 Å². The van der Waals surface area contributed by atoms with Gasteiger partial charge in [0, 0.05) is 13.0 Å². The Kier molecular flexibility index (Phi) is 8.64. The van der Waals surface area contributed by atoms with E-state index in [-0.39, 0.29) is 17.5 Å². The fraction of sp³-hybridized carbons (Fsp3) is 0.444. The summed E-state index contributed by atoms with van der Waals surface area (Å²) < 4.78 is 7.22. The summed E-state index contributed by atoms with van der Waals surface area (Å²) in [5, 5.41) is 0.540. The molecule has 0 N–H and O–H groups in total. The molecule has 0 aliphatic carbocycles. The number of rotatable bonds is 11. The Labute approximate surface area is 196 Å². The van der Waals surface area contributed by atoms with Crippen molar-refractivity contribution in [2.24, 2.45) is 0 Å². The van der Waals surface area contributed by atoms with Crippen LogP contribution >= 0.6 is 0 Å².